The SMILES string of the molecule is O=C(O)CCC(NC(=O)c1ccc2ocnc2c1)C(=O)O. The van der Waals surface area contributed by atoms with E-state index in [0.29, 0.717) is 11.1 Å². The molecule has 110 valence electrons. The molecule has 8 heteroatoms. The molecule has 0 radical (unpaired) electrons. The van der Waals surface area contributed by atoms with Crippen LogP contribution in [-0.2, 0) is 9.59 Å². The number of benzene rings is 1. The zero-order chi connectivity index (χ0) is 15.4. The van der Waals surface area contributed by atoms with Crippen molar-refractivity contribution in [3.8, 4) is 0 Å². The number of carboxylic acids is 2. The molecule has 2 aromatic rings. The Morgan fingerprint density at radius 1 is 1.29 bits per heavy atom. The molecule has 0 fully saturated rings. The summed E-state index contributed by atoms with van der Waals surface area (Å²) in [7, 11) is 0. The number of nitrogens with one attached hydrogen (secondary N) is 1. The van der Waals surface area contributed by atoms with E-state index in [-0.39, 0.29) is 18.4 Å². The highest BCUT2D eigenvalue weighted by Gasteiger charge is 2.21. The Morgan fingerprint density at radius 3 is 2.71 bits per heavy atom. The minimum atomic E-state index is -1.29. The first-order chi connectivity index (χ1) is 9.97. The second-order valence-corrected chi connectivity index (χ2v) is 4.33. The number of amides is 1. The van der Waals surface area contributed by atoms with Crippen molar-refractivity contribution in [2.75, 3.05) is 0 Å². The van der Waals surface area contributed by atoms with E-state index in [1.165, 1.54) is 18.5 Å². The van der Waals surface area contributed by atoms with Crippen molar-refractivity contribution in [1.29, 1.82) is 0 Å². The number of carbonyl (C=O) groups excluding carboxylic acids is 1. The van der Waals surface area contributed by atoms with Gasteiger partial charge in [-0.2, -0.15) is 0 Å². The molecule has 0 saturated heterocycles. The molecule has 2 rings (SSSR count). The van der Waals surface area contributed by atoms with Crippen LogP contribution in [0.3, 0.4) is 0 Å². The topological polar surface area (TPSA) is 130 Å². The van der Waals surface area contributed by atoms with Gasteiger partial charge in [-0.05, 0) is 24.6 Å². The highest BCUT2D eigenvalue weighted by molar-refractivity contribution is 5.98. The maximum absolute atomic E-state index is 12.0. The highest BCUT2D eigenvalue weighted by Crippen LogP contribution is 2.14. The van der Waals surface area contributed by atoms with Crippen molar-refractivity contribution < 1.29 is 29.0 Å². The van der Waals surface area contributed by atoms with E-state index in [9.17, 15) is 14.4 Å². The van der Waals surface area contributed by atoms with E-state index in [1.54, 1.807) is 6.07 Å². The number of nitrogens with zero attached hydrogens (tertiary/aromatic N) is 1. The Bertz CT molecular complexity index is 693. The summed E-state index contributed by atoms with van der Waals surface area (Å²) in [5.41, 5.74) is 1.20. The summed E-state index contributed by atoms with van der Waals surface area (Å²) < 4.78 is 5.03. The van der Waals surface area contributed by atoms with Crippen LogP contribution in [0, 0.1) is 0 Å². The summed E-state index contributed by atoms with van der Waals surface area (Å²) >= 11 is 0. The first-order valence-electron chi connectivity index (χ1n) is 6.06. The van der Waals surface area contributed by atoms with Gasteiger partial charge >= 0.3 is 11.9 Å². The highest BCUT2D eigenvalue weighted by atomic mass is 16.4. The van der Waals surface area contributed by atoms with Gasteiger partial charge in [0.05, 0.1) is 0 Å². The van der Waals surface area contributed by atoms with Crippen LogP contribution in [0.1, 0.15) is 23.2 Å². The van der Waals surface area contributed by atoms with Gasteiger partial charge in [0.2, 0.25) is 0 Å². The number of fused-ring (bicyclic) bond motifs is 1. The van der Waals surface area contributed by atoms with E-state index < -0.39 is 23.9 Å². The molecule has 1 heterocycles. The molecule has 0 bridgehead atoms. The van der Waals surface area contributed by atoms with Gasteiger partial charge in [0.1, 0.15) is 11.6 Å². The van der Waals surface area contributed by atoms with Crippen LogP contribution >= 0.6 is 0 Å². The molecule has 1 aromatic heterocycles. The predicted molar refractivity (Wildman–Crippen MR) is 69.8 cm³/mol. The average Bonchev–Trinajstić information content (AvgIpc) is 2.89. The van der Waals surface area contributed by atoms with Gasteiger partial charge in [0.15, 0.2) is 12.0 Å². The fourth-order valence-electron chi connectivity index (χ4n) is 1.77. The van der Waals surface area contributed by atoms with Gasteiger partial charge in [-0.15, -0.1) is 0 Å². The Kier molecular flexibility index (Phi) is 4.17. The molecule has 8 nitrogen and oxygen atoms in total. The normalized spacial score (nSPS) is 12.0. The van der Waals surface area contributed by atoms with Gasteiger partial charge in [-0.3, -0.25) is 9.59 Å². The number of hydrogen-bond donors (Lipinski definition) is 3. The fourth-order valence-corrected chi connectivity index (χ4v) is 1.77. The van der Waals surface area contributed by atoms with Crippen molar-refractivity contribution in [3.05, 3.63) is 30.2 Å². The van der Waals surface area contributed by atoms with Crippen LogP contribution in [0.2, 0.25) is 0 Å². The van der Waals surface area contributed by atoms with Crippen molar-refractivity contribution in [2.24, 2.45) is 0 Å². The summed E-state index contributed by atoms with van der Waals surface area (Å²) in [5, 5.41) is 19.8. The Labute approximate surface area is 118 Å². The van der Waals surface area contributed by atoms with Crippen molar-refractivity contribution >= 4 is 28.9 Å². The molecular formula is C13H12N2O6. The zero-order valence-corrected chi connectivity index (χ0v) is 10.8. The average molecular weight is 292 g/mol. The number of carbonyl (C=O) groups is 3. The van der Waals surface area contributed by atoms with Gasteiger partial charge < -0.3 is 19.9 Å². The third-order valence-electron chi connectivity index (χ3n) is 2.84. The van der Waals surface area contributed by atoms with Gasteiger partial charge in [-0.1, -0.05) is 0 Å². The molecule has 0 aliphatic carbocycles. The predicted octanol–water partition coefficient (Wildman–Crippen LogP) is 0.876. The van der Waals surface area contributed by atoms with E-state index in [4.69, 9.17) is 14.6 Å². The lowest BCUT2D eigenvalue weighted by Crippen LogP contribution is -2.41. The minimum Gasteiger partial charge on any atom is -0.481 e. The van der Waals surface area contributed by atoms with Crippen LogP contribution in [0.15, 0.2) is 29.0 Å². The number of aliphatic carboxylic acids is 2. The molecule has 3 N–H and O–H groups in total. The lowest BCUT2D eigenvalue weighted by Gasteiger charge is -2.13. The van der Waals surface area contributed by atoms with Crippen LogP contribution in [0.5, 0.6) is 0 Å². The number of rotatable bonds is 6. The Morgan fingerprint density at radius 2 is 2.05 bits per heavy atom. The molecule has 1 aromatic carbocycles. The summed E-state index contributed by atoms with van der Waals surface area (Å²) in [5.74, 6) is -3.02. The molecule has 1 atom stereocenters. The smallest absolute Gasteiger partial charge is 0.326 e. The third kappa shape index (κ3) is 3.56. The van der Waals surface area contributed by atoms with Crippen molar-refractivity contribution in [1.82, 2.24) is 10.3 Å². The molecule has 0 aliphatic rings. The second kappa shape index (κ2) is 6.04. The first kappa shape index (κ1) is 14.5. The first-order valence-corrected chi connectivity index (χ1v) is 6.06. The Balaban J connectivity index is 2.10. The van der Waals surface area contributed by atoms with Crippen molar-refractivity contribution in [3.63, 3.8) is 0 Å². The van der Waals surface area contributed by atoms with E-state index in [1.807, 2.05) is 0 Å². The molecule has 0 saturated carbocycles. The molecule has 1 unspecified atom stereocenters. The van der Waals surface area contributed by atoms with Gasteiger partial charge in [-0.25, -0.2) is 9.78 Å². The zero-order valence-electron chi connectivity index (χ0n) is 10.8. The monoisotopic (exact) mass is 292 g/mol. The van der Waals surface area contributed by atoms with E-state index in [0.717, 1.165) is 0 Å². The number of aromatic nitrogens is 1. The lowest BCUT2D eigenvalue weighted by molar-refractivity contribution is -0.140. The van der Waals surface area contributed by atoms with Crippen LogP contribution < -0.4 is 5.32 Å². The number of carboxylic acid groups (broad SMARTS) is 2. The maximum Gasteiger partial charge on any atom is 0.326 e. The van der Waals surface area contributed by atoms with Crippen molar-refractivity contribution in [2.45, 2.75) is 18.9 Å². The van der Waals surface area contributed by atoms with Gasteiger partial charge in [0.25, 0.3) is 5.91 Å². The standard InChI is InChI=1S/C13H12N2O6/c16-11(17)4-2-8(13(19)20)15-12(18)7-1-3-10-9(5-7)14-6-21-10/h1,3,5-6,8H,2,4H2,(H,15,18)(H,16,17)(H,19,20). The van der Waals surface area contributed by atoms with E-state index in [2.05, 4.69) is 10.3 Å². The number of oxazole rings is 1. The molecular weight excluding hydrogens is 280 g/mol. The summed E-state index contributed by atoms with van der Waals surface area (Å²) in [6, 6.07) is 3.22. The maximum atomic E-state index is 12.0. The van der Waals surface area contributed by atoms with Gasteiger partial charge in [0, 0.05) is 12.0 Å². The Hall–Kier alpha value is -2.90. The molecule has 0 aliphatic heterocycles. The summed E-state index contributed by atoms with van der Waals surface area (Å²) in [4.78, 5) is 37.4. The molecule has 1 amide bonds. The van der Waals surface area contributed by atoms with E-state index >= 15 is 0 Å². The van der Waals surface area contributed by atoms with Crippen LogP contribution in [0.4, 0.5) is 0 Å². The molecule has 21 heavy (non-hydrogen) atoms. The quantitative estimate of drug-likeness (QED) is 0.720. The van der Waals surface area contributed by atoms with Crippen LogP contribution in [-0.4, -0.2) is 39.1 Å². The third-order valence-corrected chi connectivity index (χ3v) is 2.84. The fraction of sp³-hybridized carbons (Fsp3) is 0.231. The molecule has 0 spiro atoms. The largest absolute Gasteiger partial charge is 0.481 e. The number of hydrogen-bond acceptors (Lipinski definition) is 5. The minimum absolute atomic E-state index is 0.192. The second-order valence-electron chi connectivity index (χ2n) is 4.33. The summed E-state index contributed by atoms with van der Waals surface area (Å²) in [6.07, 6.45) is 0.696. The van der Waals surface area contributed by atoms with Crippen LogP contribution in [0.25, 0.3) is 11.1 Å². The summed E-state index contributed by atoms with van der Waals surface area (Å²) in [6.45, 7) is 0. The lowest BCUT2D eigenvalue weighted by atomic mass is 10.1.